The van der Waals surface area contributed by atoms with Gasteiger partial charge >= 0.3 is 0 Å². The Balaban J connectivity index is 2.22. The van der Waals surface area contributed by atoms with Crippen LogP contribution < -0.4 is 0 Å². The van der Waals surface area contributed by atoms with Crippen molar-refractivity contribution in [3.63, 3.8) is 0 Å². The molecule has 0 fully saturated rings. The van der Waals surface area contributed by atoms with Gasteiger partial charge in [-0.15, -0.1) is 10.2 Å². The molecule has 0 aromatic carbocycles. The average Bonchev–Trinajstić information content (AvgIpc) is 2.96. The summed E-state index contributed by atoms with van der Waals surface area (Å²) in [5, 5.41) is 16.3. The predicted molar refractivity (Wildman–Crippen MR) is 82.0 cm³/mol. The van der Waals surface area contributed by atoms with Crippen LogP contribution in [-0.2, 0) is 26.7 Å². The molecular weight excluding hydrogens is 304 g/mol. The summed E-state index contributed by atoms with van der Waals surface area (Å²) in [4.78, 5) is 1.38. The van der Waals surface area contributed by atoms with E-state index in [1.165, 1.54) is 11.1 Å². The average molecular weight is 326 g/mol. The van der Waals surface area contributed by atoms with Crippen molar-refractivity contribution in [2.75, 3.05) is 6.26 Å². The number of hydrogen-bond donors (Lipinski definition) is 0. The summed E-state index contributed by atoms with van der Waals surface area (Å²) in [5.41, 5.74) is 0.827. The molecule has 2 rings (SSSR count). The zero-order chi connectivity index (χ0) is 16.8. The predicted octanol–water partition coefficient (Wildman–Crippen LogP) is 0.953. The van der Waals surface area contributed by atoms with E-state index in [9.17, 15) is 8.42 Å². The van der Waals surface area contributed by atoms with Crippen LogP contribution in [-0.4, -0.2) is 44.7 Å². The Morgan fingerprint density at radius 3 is 2.32 bits per heavy atom. The van der Waals surface area contributed by atoms with Crippen molar-refractivity contribution in [2.45, 2.75) is 51.4 Å². The first-order valence-corrected chi connectivity index (χ1v) is 8.82. The molecule has 0 aliphatic carbocycles. The molecule has 0 bridgehead atoms. The number of aromatic nitrogens is 6. The number of rotatable bonds is 4. The summed E-state index contributed by atoms with van der Waals surface area (Å²) in [6, 6.07) is 0. The van der Waals surface area contributed by atoms with E-state index in [2.05, 4.69) is 41.3 Å². The van der Waals surface area contributed by atoms with E-state index >= 15 is 0 Å². The van der Waals surface area contributed by atoms with Crippen molar-refractivity contribution in [1.29, 1.82) is 0 Å². The molecule has 0 aliphatic rings. The Morgan fingerprint density at radius 1 is 1.18 bits per heavy atom. The monoisotopic (exact) mass is 326 g/mol. The van der Waals surface area contributed by atoms with E-state index in [1.54, 1.807) is 20.0 Å². The summed E-state index contributed by atoms with van der Waals surface area (Å²) in [6.07, 6.45) is 4.84. The van der Waals surface area contributed by atoms with E-state index in [0.29, 0.717) is 6.54 Å². The van der Waals surface area contributed by atoms with Crippen molar-refractivity contribution >= 4 is 9.84 Å². The maximum atomic E-state index is 11.8. The van der Waals surface area contributed by atoms with Crippen LogP contribution in [0.3, 0.4) is 0 Å². The van der Waals surface area contributed by atoms with Crippen LogP contribution in [0.25, 0.3) is 0 Å². The topological polar surface area (TPSA) is 95.6 Å². The Labute approximate surface area is 130 Å². The molecule has 2 aromatic heterocycles. The van der Waals surface area contributed by atoms with Gasteiger partial charge in [0.05, 0.1) is 18.3 Å². The molecule has 0 spiro atoms. The Bertz CT molecular complexity index is 767. The van der Waals surface area contributed by atoms with Crippen molar-refractivity contribution in [3.05, 3.63) is 23.8 Å². The molecule has 9 heteroatoms. The van der Waals surface area contributed by atoms with Gasteiger partial charge in [-0.05, 0) is 39.8 Å². The molecule has 0 saturated heterocycles. The fourth-order valence-electron chi connectivity index (χ4n) is 1.69. The highest BCUT2D eigenvalue weighted by atomic mass is 32.2. The largest absolute Gasteiger partial charge is 0.267 e. The number of sulfone groups is 1. The number of hydrogen-bond acceptors (Lipinski definition) is 6. The van der Waals surface area contributed by atoms with E-state index in [-0.39, 0.29) is 11.4 Å². The second-order valence-corrected chi connectivity index (χ2v) is 9.45. The van der Waals surface area contributed by atoms with E-state index < -0.39 is 14.6 Å². The standard InChI is InChI=1S/C13H22N6O2S/c1-12(2,3)18-8-10(7-14-18)9-19-16-11(15-17-19)13(4,5)22(6,20)21/h7-8H,9H2,1-6H3. The fraction of sp³-hybridized carbons (Fsp3) is 0.692. The maximum absolute atomic E-state index is 11.8. The Hall–Kier alpha value is -1.77. The summed E-state index contributed by atoms with van der Waals surface area (Å²) in [5.74, 6) is 0.193. The quantitative estimate of drug-likeness (QED) is 0.830. The third-order valence-electron chi connectivity index (χ3n) is 3.57. The SMILES string of the molecule is CC(C)(C)n1cc(Cn2nnc(C(C)(C)S(C)(=O)=O)n2)cn1. The van der Waals surface area contributed by atoms with Crippen LogP contribution in [0.1, 0.15) is 46.0 Å². The molecule has 0 saturated carbocycles. The van der Waals surface area contributed by atoms with Gasteiger partial charge in [0, 0.05) is 18.0 Å². The van der Waals surface area contributed by atoms with Gasteiger partial charge < -0.3 is 0 Å². The zero-order valence-electron chi connectivity index (χ0n) is 13.8. The summed E-state index contributed by atoms with van der Waals surface area (Å²) < 4.78 is 24.3. The first kappa shape index (κ1) is 16.6. The summed E-state index contributed by atoms with van der Waals surface area (Å²) in [7, 11) is -3.32. The molecule has 0 radical (unpaired) electrons. The lowest BCUT2D eigenvalue weighted by atomic mass is 10.1. The van der Waals surface area contributed by atoms with E-state index in [4.69, 9.17) is 0 Å². The molecule has 0 amide bonds. The van der Waals surface area contributed by atoms with Crippen LogP contribution in [0.2, 0.25) is 0 Å². The normalized spacial score (nSPS) is 13.5. The van der Waals surface area contributed by atoms with Gasteiger partial charge in [0.2, 0.25) is 0 Å². The molecule has 0 N–H and O–H groups in total. The first-order chi connectivity index (χ1) is 9.91. The second-order valence-electron chi connectivity index (χ2n) is 6.89. The number of tetrazole rings is 1. The maximum Gasteiger partial charge on any atom is 0.195 e. The first-order valence-electron chi connectivity index (χ1n) is 6.93. The van der Waals surface area contributed by atoms with Crippen LogP contribution in [0, 0.1) is 0 Å². The molecule has 0 atom stereocenters. The van der Waals surface area contributed by atoms with Gasteiger partial charge in [-0.3, -0.25) is 4.68 Å². The van der Waals surface area contributed by atoms with Crippen molar-refractivity contribution in [3.8, 4) is 0 Å². The second kappa shape index (κ2) is 5.15. The minimum Gasteiger partial charge on any atom is -0.267 e. The van der Waals surface area contributed by atoms with Gasteiger partial charge in [-0.25, -0.2) is 8.42 Å². The molecule has 2 heterocycles. The third kappa shape index (κ3) is 3.18. The molecule has 0 unspecified atom stereocenters. The lowest BCUT2D eigenvalue weighted by molar-refractivity contribution is 0.355. The van der Waals surface area contributed by atoms with Crippen LogP contribution in [0.5, 0.6) is 0 Å². The summed E-state index contributed by atoms with van der Waals surface area (Å²) >= 11 is 0. The third-order valence-corrected chi connectivity index (χ3v) is 5.60. The Morgan fingerprint density at radius 2 is 1.82 bits per heavy atom. The molecule has 0 aliphatic heterocycles. The van der Waals surface area contributed by atoms with Gasteiger partial charge in [0.15, 0.2) is 15.7 Å². The molecule has 2 aromatic rings. The van der Waals surface area contributed by atoms with E-state index in [1.807, 2.05) is 10.9 Å². The van der Waals surface area contributed by atoms with Crippen molar-refractivity contribution in [1.82, 2.24) is 30.0 Å². The lowest BCUT2D eigenvalue weighted by Gasteiger charge is -2.18. The number of nitrogens with zero attached hydrogens (tertiary/aromatic N) is 6. The molecular formula is C13H22N6O2S. The lowest BCUT2D eigenvalue weighted by Crippen LogP contribution is -2.29. The van der Waals surface area contributed by atoms with Gasteiger partial charge in [-0.1, -0.05) is 0 Å². The zero-order valence-corrected chi connectivity index (χ0v) is 14.6. The van der Waals surface area contributed by atoms with Gasteiger partial charge in [0.1, 0.15) is 4.75 Å². The molecule has 8 nitrogen and oxygen atoms in total. The van der Waals surface area contributed by atoms with E-state index in [0.717, 1.165) is 5.56 Å². The van der Waals surface area contributed by atoms with Gasteiger partial charge in [-0.2, -0.15) is 9.90 Å². The highest BCUT2D eigenvalue weighted by Gasteiger charge is 2.37. The smallest absolute Gasteiger partial charge is 0.195 e. The molecule has 22 heavy (non-hydrogen) atoms. The molecule has 122 valence electrons. The minimum atomic E-state index is -3.32. The Kier molecular flexibility index (Phi) is 3.88. The van der Waals surface area contributed by atoms with Crippen LogP contribution in [0.15, 0.2) is 12.4 Å². The fourth-order valence-corrected chi connectivity index (χ4v) is 2.10. The van der Waals surface area contributed by atoms with Crippen LogP contribution >= 0.6 is 0 Å². The summed E-state index contributed by atoms with van der Waals surface area (Å²) in [6.45, 7) is 9.71. The van der Waals surface area contributed by atoms with Crippen molar-refractivity contribution in [2.24, 2.45) is 0 Å². The highest BCUT2D eigenvalue weighted by molar-refractivity contribution is 7.91. The minimum absolute atomic E-state index is 0.0997. The van der Waals surface area contributed by atoms with Gasteiger partial charge in [0.25, 0.3) is 0 Å². The van der Waals surface area contributed by atoms with Crippen LogP contribution in [0.4, 0.5) is 0 Å². The highest BCUT2D eigenvalue weighted by Crippen LogP contribution is 2.25. The van der Waals surface area contributed by atoms with Crippen molar-refractivity contribution < 1.29 is 8.42 Å².